The maximum absolute atomic E-state index is 13.2. The van der Waals surface area contributed by atoms with Gasteiger partial charge in [0, 0.05) is 18.3 Å². The number of hydrogen-bond acceptors (Lipinski definition) is 4. The summed E-state index contributed by atoms with van der Waals surface area (Å²) in [7, 11) is 0. The van der Waals surface area contributed by atoms with E-state index in [0.29, 0.717) is 25.5 Å². The van der Waals surface area contributed by atoms with Gasteiger partial charge in [0.15, 0.2) is 11.5 Å². The van der Waals surface area contributed by atoms with Crippen LogP contribution in [0, 0.1) is 17.1 Å². The number of nitriles is 1. The van der Waals surface area contributed by atoms with Crippen molar-refractivity contribution in [3.63, 3.8) is 0 Å². The fraction of sp³-hybridized carbons (Fsp3) is 0.188. The van der Waals surface area contributed by atoms with Crippen molar-refractivity contribution >= 4 is 5.69 Å². The Labute approximate surface area is 121 Å². The molecule has 2 aromatic carbocycles. The minimum Gasteiger partial charge on any atom is -0.486 e. The summed E-state index contributed by atoms with van der Waals surface area (Å²) in [4.78, 5) is 0. The maximum atomic E-state index is 13.2. The molecule has 0 amide bonds. The van der Waals surface area contributed by atoms with Crippen molar-refractivity contribution in [2.75, 3.05) is 18.5 Å². The number of halogens is 1. The first-order chi connectivity index (χ1) is 10.3. The van der Waals surface area contributed by atoms with Gasteiger partial charge in [0.1, 0.15) is 25.1 Å². The second-order valence-corrected chi connectivity index (χ2v) is 4.64. The lowest BCUT2D eigenvalue weighted by atomic mass is 10.1. The van der Waals surface area contributed by atoms with Crippen LogP contribution in [0.3, 0.4) is 0 Å². The second kappa shape index (κ2) is 5.71. The number of fused-ring (bicyclic) bond motifs is 1. The van der Waals surface area contributed by atoms with Crippen molar-refractivity contribution in [1.82, 2.24) is 0 Å². The van der Waals surface area contributed by atoms with Crippen molar-refractivity contribution in [3.05, 3.63) is 53.3 Å². The summed E-state index contributed by atoms with van der Waals surface area (Å²) >= 11 is 0. The molecule has 0 aliphatic carbocycles. The molecule has 1 heterocycles. The minimum absolute atomic E-state index is 0.0523. The SMILES string of the molecule is N#Cc1cc(CNc2ccc3c(c2)OCCO3)ccc1F. The molecule has 0 spiro atoms. The van der Waals surface area contributed by atoms with E-state index >= 15 is 0 Å². The first kappa shape index (κ1) is 13.3. The van der Waals surface area contributed by atoms with Crippen LogP contribution < -0.4 is 14.8 Å². The van der Waals surface area contributed by atoms with E-state index in [-0.39, 0.29) is 5.56 Å². The van der Waals surface area contributed by atoms with Crippen molar-refractivity contribution in [2.45, 2.75) is 6.54 Å². The van der Waals surface area contributed by atoms with Crippen LogP contribution in [-0.4, -0.2) is 13.2 Å². The van der Waals surface area contributed by atoms with Gasteiger partial charge in [0.25, 0.3) is 0 Å². The largest absolute Gasteiger partial charge is 0.486 e. The van der Waals surface area contributed by atoms with Gasteiger partial charge >= 0.3 is 0 Å². The second-order valence-electron chi connectivity index (χ2n) is 4.64. The number of anilines is 1. The molecular formula is C16H13FN2O2. The van der Waals surface area contributed by atoms with Gasteiger partial charge in [-0.05, 0) is 29.8 Å². The Morgan fingerprint density at radius 3 is 2.71 bits per heavy atom. The lowest BCUT2D eigenvalue weighted by Crippen LogP contribution is -2.15. The summed E-state index contributed by atoms with van der Waals surface area (Å²) in [5, 5.41) is 12.0. The predicted octanol–water partition coefficient (Wildman–Crippen LogP) is 3.08. The molecule has 0 saturated carbocycles. The first-order valence-corrected chi connectivity index (χ1v) is 6.58. The Hall–Kier alpha value is -2.74. The molecule has 21 heavy (non-hydrogen) atoms. The van der Waals surface area contributed by atoms with Crippen LogP contribution in [0.4, 0.5) is 10.1 Å². The van der Waals surface area contributed by atoms with Crippen LogP contribution in [0.25, 0.3) is 0 Å². The van der Waals surface area contributed by atoms with Gasteiger partial charge in [-0.15, -0.1) is 0 Å². The van der Waals surface area contributed by atoms with Crippen LogP contribution in [0.2, 0.25) is 0 Å². The number of benzene rings is 2. The van der Waals surface area contributed by atoms with E-state index in [1.807, 2.05) is 24.3 Å². The maximum Gasteiger partial charge on any atom is 0.163 e. The van der Waals surface area contributed by atoms with Crippen molar-refractivity contribution in [1.29, 1.82) is 5.26 Å². The summed E-state index contributed by atoms with van der Waals surface area (Å²) < 4.78 is 24.2. The molecule has 0 saturated heterocycles. The first-order valence-electron chi connectivity index (χ1n) is 6.58. The molecule has 0 bridgehead atoms. The molecule has 4 nitrogen and oxygen atoms in total. The third-order valence-corrected chi connectivity index (χ3v) is 3.19. The monoisotopic (exact) mass is 284 g/mol. The number of hydrogen-bond donors (Lipinski definition) is 1. The van der Waals surface area contributed by atoms with E-state index in [1.165, 1.54) is 6.07 Å². The normalized spacial score (nSPS) is 12.6. The van der Waals surface area contributed by atoms with Crippen molar-refractivity contribution in [2.24, 2.45) is 0 Å². The van der Waals surface area contributed by atoms with E-state index in [0.717, 1.165) is 17.0 Å². The van der Waals surface area contributed by atoms with E-state index < -0.39 is 5.82 Å². The lowest BCUT2D eigenvalue weighted by Gasteiger charge is -2.19. The molecule has 2 aromatic rings. The van der Waals surface area contributed by atoms with E-state index in [4.69, 9.17) is 14.7 Å². The highest BCUT2D eigenvalue weighted by Crippen LogP contribution is 2.32. The molecule has 1 N–H and O–H groups in total. The number of nitrogens with zero attached hydrogens (tertiary/aromatic N) is 1. The molecule has 0 atom stereocenters. The Bertz CT molecular complexity index is 710. The Morgan fingerprint density at radius 1 is 1.10 bits per heavy atom. The topological polar surface area (TPSA) is 54.3 Å². The molecule has 0 fully saturated rings. The summed E-state index contributed by atoms with van der Waals surface area (Å²) in [5.41, 5.74) is 1.77. The van der Waals surface area contributed by atoms with Gasteiger partial charge in [0.05, 0.1) is 5.56 Å². The quantitative estimate of drug-likeness (QED) is 0.941. The van der Waals surface area contributed by atoms with Gasteiger partial charge in [-0.25, -0.2) is 4.39 Å². The third kappa shape index (κ3) is 2.90. The Balaban J connectivity index is 1.72. The van der Waals surface area contributed by atoms with E-state index in [9.17, 15) is 4.39 Å². The summed E-state index contributed by atoms with van der Waals surface area (Å²) in [6.45, 7) is 1.60. The molecule has 1 aliphatic heterocycles. The standard InChI is InChI=1S/C16H13FN2O2/c17-14-3-1-11(7-12(14)9-18)10-19-13-2-4-15-16(8-13)21-6-5-20-15/h1-4,7-8,19H,5-6,10H2. The summed E-state index contributed by atoms with van der Waals surface area (Å²) in [6, 6.07) is 11.9. The molecule has 3 rings (SSSR count). The zero-order chi connectivity index (χ0) is 14.7. The number of rotatable bonds is 3. The Kier molecular flexibility index (Phi) is 3.61. The molecule has 0 aromatic heterocycles. The van der Waals surface area contributed by atoms with Crippen LogP contribution in [0.5, 0.6) is 11.5 Å². The Morgan fingerprint density at radius 2 is 1.90 bits per heavy atom. The fourth-order valence-corrected chi connectivity index (χ4v) is 2.13. The van der Waals surface area contributed by atoms with E-state index in [1.54, 1.807) is 12.1 Å². The molecule has 0 radical (unpaired) electrons. The van der Waals surface area contributed by atoms with Crippen LogP contribution in [0.15, 0.2) is 36.4 Å². The summed E-state index contributed by atoms with van der Waals surface area (Å²) in [6.07, 6.45) is 0. The van der Waals surface area contributed by atoms with E-state index in [2.05, 4.69) is 5.32 Å². The number of ether oxygens (including phenoxy) is 2. The number of nitrogens with one attached hydrogen (secondary N) is 1. The van der Waals surface area contributed by atoms with Gasteiger partial charge in [-0.1, -0.05) is 6.07 Å². The third-order valence-electron chi connectivity index (χ3n) is 3.19. The molecular weight excluding hydrogens is 271 g/mol. The zero-order valence-electron chi connectivity index (χ0n) is 11.2. The van der Waals surface area contributed by atoms with Gasteiger partial charge < -0.3 is 14.8 Å². The average Bonchev–Trinajstić information content (AvgIpc) is 2.54. The predicted molar refractivity (Wildman–Crippen MR) is 75.9 cm³/mol. The van der Waals surface area contributed by atoms with Crippen LogP contribution in [-0.2, 0) is 6.54 Å². The zero-order valence-corrected chi connectivity index (χ0v) is 11.2. The van der Waals surface area contributed by atoms with Crippen LogP contribution >= 0.6 is 0 Å². The molecule has 5 heteroatoms. The highest BCUT2D eigenvalue weighted by atomic mass is 19.1. The van der Waals surface area contributed by atoms with Gasteiger partial charge in [-0.2, -0.15) is 5.26 Å². The average molecular weight is 284 g/mol. The highest BCUT2D eigenvalue weighted by Gasteiger charge is 2.11. The van der Waals surface area contributed by atoms with Gasteiger partial charge in [0.2, 0.25) is 0 Å². The summed E-state index contributed by atoms with van der Waals surface area (Å²) in [5.74, 6) is 0.948. The van der Waals surface area contributed by atoms with Crippen LogP contribution in [0.1, 0.15) is 11.1 Å². The molecule has 106 valence electrons. The van der Waals surface area contributed by atoms with Crippen molar-refractivity contribution in [3.8, 4) is 17.6 Å². The molecule has 1 aliphatic rings. The lowest BCUT2D eigenvalue weighted by molar-refractivity contribution is 0.171. The fourth-order valence-electron chi connectivity index (χ4n) is 2.13. The van der Waals surface area contributed by atoms with Crippen molar-refractivity contribution < 1.29 is 13.9 Å². The molecule has 0 unspecified atom stereocenters. The minimum atomic E-state index is -0.499. The highest BCUT2D eigenvalue weighted by molar-refractivity contribution is 5.55. The smallest absolute Gasteiger partial charge is 0.163 e. The van der Waals surface area contributed by atoms with Gasteiger partial charge in [-0.3, -0.25) is 0 Å².